The summed E-state index contributed by atoms with van der Waals surface area (Å²) >= 11 is 0. The molecule has 1 aliphatic heterocycles. The number of likely N-dealkylation sites (tertiary alicyclic amines) is 1. The molecular weight excluding hydrogens is 452 g/mol. The molecule has 1 aromatic heterocycles. The van der Waals surface area contributed by atoms with Gasteiger partial charge in [-0.3, -0.25) is 0 Å². The van der Waals surface area contributed by atoms with Crippen molar-refractivity contribution in [2.24, 2.45) is 0 Å². The van der Waals surface area contributed by atoms with Crippen LogP contribution in [0.15, 0.2) is 59.6 Å². The molecular formula is C24H28N6O3S. The maximum Gasteiger partial charge on any atom is 0.247 e. The number of ether oxygens (including phenoxy) is 1. The van der Waals surface area contributed by atoms with Gasteiger partial charge in [0, 0.05) is 18.8 Å². The molecule has 178 valence electrons. The molecule has 1 saturated heterocycles. The predicted molar refractivity (Wildman–Crippen MR) is 132 cm³/mol. The Kier molecular flexibility index (Phi) is 7.84. The number of nitrogens with one attached hydrogen (secondary N) is 2. The minimum Gasteiger partial charge on any atom is -0.497 e. The number of hydrogen-bond donors (Lipinski definition) is 2. The number of sulfonamides is 1. The Bertz CT molecular complexity index is 1210. The number of benzene rings is 2. The fourth-order valence-electron chi connectivity index (χ4n) is 3.62. The summed E-state index contributed by atoms with van der Waals surface area (Å²) < 4.78 is 32.9. The lowest BCUT2D eigenvalue weighted by Gasteiger charge is -2.15. The molecule has 0 aliphatic carbocycles. The summed E-state index contributed by atoms with van der Waals surface area (Å²) in [7, 11) is -1.92. The Morgan fingerprint density at radius 2 is 1.85 bits per heavy atom. The highest BCUT2D eigenvalue weighted by atomic mass is 32.2. The van der Waals surface area contributed by atoms with Crippen molar-refractivity contribution >= 4 is 33.8 Å². The Morgan fingerprint density at radius 3 is 2.56 bits per heavy atom. The van der Waals surface area contributed by atoms with E-state index in [9.17, 15) is 8.42 Å². The first-order valence-corrected chi connectivity index (χ1v) is 12.6. The first-order valence-electron chi connectivity index (χ1n) is 11.1. The molecule has 1 fully saturated rings. The lowest BCUT2D eigenvalue weighted by molar-refractivity contribution is 0.344. The van der Waals surface area contributed by atoms with Crippen molar-refractivity contribution in [1.82, 2.24) is 24.8 Å². The molecule has 0 radical (unpaired) electrons. The van der Waals surface area contributed by atoms with Crippen LogP contribution in [-0.2, 0) is 10.0 Å². The number of hydrogen-bond acceptors (Lipinski definition) is 8. The molecule has 0 amide bonds. The van der Waals surface area contributed by atoms with Gasteiger partial charge in [0.05, 0.1) is 18.2 Å². The van der Waals surface area contributed by atoms with Crippen molar-refractivity contribution in [2.45, 2.75) is 17.7 Å². The third-order valence-electron chi connectivity index (χ3n) is 5.46. The fraction of sp³-hybridized carbons (Fsp3) is 0.292. The first-order chi connectivity index (χ1) is 16.5. The van der Waals surface area contributed by atoms with Gasteiger partial charge >= 0.3 is 0 Å². The van der Waals surface area contributed by atoms with E-state index in [0.29, 0.717) is 23.9 Å². The molecule has 2 aromatic carbocycles. The van der Waals surface area contributed by atoms with Crippen molar-refractivity contribution in [2.75, 3.05) is 38.6 Å². The zero-order chi connectivity index (χ0) is 23.8. The van der Waals surface area contributed by atoms with E-state index in [1.165, 1.54) is 12.8 Å². The Labute approximate surface area is 199 Å². The second-order valence-corrected chi connectivity index (χ2v) is 9.68. The van der Waals surface area contributed by atoms with E-state index < -0.39 is 10.0 Å². The van der Waals surface area contributed by atoms with Crippen LogP contribution in [-0.4, -0.2) is 61.8 Å². The Morgan fingerprint density at radius 1 is 1.06 bits per heavy atom. The van der Waals surface area contributed by atoms with E-state index in [1.807, 2.05) is 36.4 Å². The number of anilines is 2. The van der Waals surface area contributed by atoms with Gasteiger partial charge < -0.3 is 15.0 Å². The highest BCUT2D eigenvalue weighted by Crippen LogP contribution is 2.17. The van der Waals surface area contributed by atoms with E-state index in [4.69, 9.17) is 4.74 Å². The van der Waals surface area contributed by atoms with Crippen molar-refractivity contribution in [3.8, 4) is 5.75 Å². The Hall–Kier alpha value is -3.34. The fourth-order valence-corrected chi connectivity index (χ4v) is 4.64. The largest absolute Gasteiger partial charge is 0.497 e. The molecule has 0 atom stereocenters. The maximum atomic E-state index is 12.5. The van der Waals surface area contributed by atoms with Gasteiger partial charge in [-0.15, -0.1) is 10.2 Å². The number of rotatable bonds is 10. The van der Waals surface area contributed by atoms with Crippen molar-refractivity contribution in [3.63, 3.8) is 0 Å². The molecule has 1 aliphatic rings. The normalized spacial score (nSPS) is 14.5. The summed E-state index contributed by atoms with van der Waals surface area (Å²) in [6.45, 7) is 3.21. The summed E-state index contributed by atoms with van der Waals surface area (Å²) in [5.74, 6) is 1.10. The summed E-state index contributed by atoms with van der Waals surface area (Å²) in [6, 6.07) is 14.1. The van der Waals surface area contributed by atoms with Crippen LogP contribution in [0.1, 0.15) is 24.1 Å². The molecule has 2 N–H and O–H groups in total. The van der Waals surface area contributed by atoms with Gasteiger partial charge in [-0.25, -0.2) is 18.1 Å². The van der Waals surface area contributed by atoms with Gasteiger partial charge in [-0.05, 0) is 74.0 Å². The van der Waals surface area contributed by atoms with Crippen LogP contribution >= 0.6 is 0 Å². The minimum absolute atomic E-state index is 0.219. The standard InChI is InChI=1S/C24H28N6O3S/c1-33-22-6-4-5-19(17-22)7-8-21-18-25-24(29-28-21)27-20-9-11-23(12-10-20)34(31,32)26-13-16-30-14-2-3-15-30/h4-12,17-18,26H,2-3,13-16H2,1H3,(H,25,27,29)/b8-7+. The zero-order valence-electron chi connectivity index (χ0n) is 19.0. The van der Waals surface area contributed by atoms with Crippen molar-refractivity contribution < 1.29 is 13.2 Å². The van der Waals surface area contributed by atoms with E-state index in [1.54, 1.807) is 37.6 Å². The molecule has 34 heavy (non-hydrogen) atoms. The van der Waals surface area contributed by atoms with Crippen LogP contribution in [0.3, 0.4) is 0 Å². The highest BCUT2D eigenvalue weighted by molar-refractivity contribution is 7.89. The number of methoxy groups -OCH3 is 1. The maximum absolute atomic E-state index is 12.5. The monoisotopic (exact) mass is 480 g/mol. The second-order valence-electron chi connectivity index (χ2n) is 7.91. The average Bonchev–Trinajstić information content (AvgIpc) is 3.37. The lowest BCUT2D eigenvalue weighted by Crippen LogP contribution is -2.33. The molecule has 2 heterocycles. The summed E-state index contributed by atoms with van der Waals surface area (Å²) in [4.78, 5) is 6.76. The topological polar surface area (TPSA) is 109 Å². The van der Waals surface area contributed by atoms with Crippen LogP contribution in [0, 0.1) is 0 Å². The SMILES string of the molecule is COc1cccc(/C=C/c2cnc(Nc3ccc(S(=O)(=O)NCCN4CCCC4)cc3)nn2)c1. The average molecular weight is 481 g/mol. The molecule has 0 unspecified atom stereocenters. The predicted octanol–water partition coefficient (Wildman–Crippen LogP) is 3.17. The van der Waals surface area contributed by atoms with Crippen LogP contribution in [0.5, 0.6) is 5.75 Å². The van der Waals surface area contributed by atoms with Gasteiger partial charge in [0.2, 0.25) is 16.0 Å². The van der Waals surface area contributed by atoms with Gasteiger partial charge in [0.15, 0.2) is 0 Å². The Balaban J connectivity index is 1.31. The van der Waals surface area contributed by atoms with Gasteiger partial charge in [0.25, 0.3) is 0 Å². The van der Waals surface area contributed by atoms with Gasteiger partial charge in [-0.2, -0.15) is 0 Å². The molecule has 4 rings (SSSR count). The third kappa shape index (κ3) is 6.60. The quantitative estimate of drug-likeness (QED) is 0.455. The minimum atomic E-state index is -3.54. The third-order valence-corrected chi connectivity index (χ3v) is 6.94. The van der Waals surface area contributed by atoms with E-state index in [2.05, 4.69) is 30.1 Å². The summed E-state index contributed by atoms with van der Waals surface area (Å²) in [5.41, 5.74) is 2.25. The number of nitrogens with zero attached hydrogens (tertiary/aromatic N) is 4. The first kappa shape index (κ1) is 23.8. The van der Waals surface area contributed by atoms with E-state index >= 15 is 0 Å². The van der Waals surface area contributed by atoms with Crippen LogP contribution < -0.4 is 14.8 Å². The molecule has 9 nitrogen and oxygen atoms in total. The number of aromatic nitrogens is 3. The molecule has 3 aromatic rings. The highest BCUT2D eigenvalue weighted by Gasteiger charge is 2.16. The summed E-state index contributed by atoms with van der Waals surface area (Å²) in [6.07, 6.45) is 7.69. The molecule has 10 heteroatoms. The van der Waals surface area contributed by atoms with Gasteiger partial charge in [-0.1, -0.05) is 18.2 Å². The molecule has 0 spiro atoms. The molecule has 0 bridgehead atoms. The van der Waals surface area contributed by atoms with Crippen LogP contribution in [0.4, 0.5) is 11.6 Å². The molecule has 0 saturated carbocycles. The van der Waals surface area contributed by atoms with E-state index in [0.717, 1.165) is 30.9 Å². The van der Waals surface area contributed by atoms with Gasteiger partial charge in [0.1, 0.15) is 11.4 Å². The van der Waals surface area contributed by atoms with Crippen molar-refractivity contribution in [3.05, 3.63) is 66.0 Å². The van der Waals surface area contributed by atoms with Crippen LogP contribution in [0.25, 0.3) is 12.2 Å². The smallest absolute Gasteiger partial charge is 0.247 e. The van der Waals surface area contributed by atoms with Crippen molar-refractivity contribution in [1.29, 1.82) is 0 Å². The second kappa shape index (κ2) is 11.2. The summed E-state index contributed by atoms with van der Waals surface area (Å²) in [5, 5.41) is 11.3. The van der Waals surface area contributed by atoms with E-state index in [-0.39, 0.29) is 4.90 Å². The zero-order valence-corrected chi connectivity index (χ0v) is 19.8. The lowest BCUT2D eigenvalue weighted by atomic mass is 10.2. The van der Waals surface area contributed by atoms with Crippen LogP contribution in [0.2, 0.25) is 0 Å².